The Bertz CT molecular complexity index is 990. The summed E-state index contributed by atoms with van der Waals surface area (Å²) in [6.07, 6.45) is 0. The Morgan fingerprint density at radius 1 is 0.724 bits per heavy atom. The minimum atomic E-state index is -0.550. The number of methoxy groups -OCH3 is 2. The number of rotatable bonds is 6. The quantitative estimate of drug-likeness (QED) is 0.597. The van der Waals surface area contributed by atoms with Gasteiger partial charge in [-0.1, -0.05) is 0 Å². The molecule has 3 aromatic rings. The van der Waals surface area contributed by atoms with Gasteiger partial charge in [0.25, 0.3) is 11.8 Å². The van der Waals surface area contributed by atoms with Gasteiger partial charge in [0, 0.05) is 23.5 Å². The Hall–Kier alpha value is -4.07. The maximum absolute atomic E-state index is 12.5. The van der Waals surface area contributed by atoms with Crippen molar-refractivity contribution < 1.29 is 19.1 Å². The van der Waals surface area contributed by atoms with Crippen LogP contribution in [0.3, 0.4) is 0 Å². The van der Waals surface area contributed by atoms with Gasteiger partial charge in [-0.05, 0) is 48.5 Å². The van der Waals surface area contributed by atoms with Gasteiger partial charge in [0.1, 0.15) is 22.9 Å². The Kier molecular flexibility index (Phi) is 5.94. The van der Waals surface area contributed by atoms with Crippen LogP contribution in [0.1, 0.15) is 21.0 Å². The van der Waals surface area contributed by atoms with E-state index in [1.54, 1.807) is 62.8 Å². The van der Waals surface area contributed by atoms with E-state index in [0.717, 1.165) is 12.1 Å². The zero-order chi connectivity index (χ0) is 20.8. The molecule has 0 aliphatic carbocycles. The smallest absolute Gasteiger partial charge is 0.272 e. The van der Waals surface area contributed by atoms with Crippen LogP contribution in [0.4, 0.5) is 11.4 Å². The standard InChI is InChI=1S/C21H19N3O5/c1-28-16-7-3-13(4-8-16)22-20(26)18-11-15(25)12-19(24-18)21(27)23-14-5-9-17(29-2)10-6-14/h3-12H,1-2H3,(H,22,26)(H,23,27)(H,24,25). The first-order valence-corrected chi connectivity index (χ1v) is 8.63. The Labute approximate surface area is 166 Å². The molecule has 0 bridgehead atoms. The van der Waals surface area contributed by atoms with E-state index in [2.05, 4.69) is 15.6 Å². The van der Waals surface area contributed by atoms with Gasteiger partial charge in [-0.15, -0.1) is 0 Å². The van der Waals surface area contributed by atoms with Gasteiger partial charge in [-0.3, -0.25) is 14.4 Å². The van der Waals surface area contributed by atoms with Crippen LogP contribution in [-0.4, -0.2) is 31.0 Å². The van der Waals surface area contributed by atoms with E-state index in [1.165, 1.54) is 0 Å². The maximum atomic E-state index is 12.5. The van der Waals surface area contributed by atoms with Crippen LogP contribution < -0.4 is 25.5 Å². The highest BCUT2D eigenvalue weighted by Gasteiger charge is 2.13. The molecule has 29 heavy (non-hydrogen) atoms. The predicted octanol–water partition coefficient (Wildman–Crippen LogP) is 2.90. The maximum Gasteiger partial charge on any atom is 0.272 e. The second kappa shape index (κ2) is 8.75. The van der Waals surface area contributed by atoms with E-state index in [0.29, 0.717) is 22.9 Å². The van der Waals surface area contributed by atoms with E-state index in [9.17, 15) is 14.4 Å². The van der Waals surface area contributed by atoms with Crippen LogP contribution in [-0.2, 0) is 0 Å². The van der Waals surface area contributed by atoms with Crippen molar-refractivity contribution in [3.05, 3.63) is 82.3 Å². The van der Waals surface area contributed by atoms with Crippen molar-refractivity contribution in [1.82, 2.24) is 4.98 Å². The number of ether oxygens (including phenoxy) is 2. The molecule has 8 nitrogen and oxygen atoms in total. The molecule has 0 saturated carbocycles. The third-order valence-electron chi connectivity index (χ3n) is 4.03. The van der Waals surface area contributed by atoms with Crippen LogP contribution in [0.15, 0.2) is 65.5 Å². The average molecular weight is 393 g/mol. The summed E-state index contributed by atoms with van der Waals surface area (Å²) in [6, 6.07) is 15.7. The van der Waals surface area contributed by atoms with Gasteiger partial charge in [0.15, 0.2) is 5.43 Å². The SMILES string of the molecule is COc1ccc(NC(=O)c2cc(=O)cc(C(=O)Nc3ccc(OC)cc3)[nH]2)cc1. The molecule has 1 heterocycles. The molecule has 3 N–H and O–H groups in total. The molecule has 0 aliphatic rings. The number of aromatic amines is 1. The third-order valence-corrected chi connectivity index (χ3v) is 4.03. The van der Waals surface area contributed by atoms with Gasteiger partial charge in [-0.2, -0.15) is 0 Å². The minimum absolute atomic E-state index is 0.0341. The fourth-order valence-electron chi connectivity index (χ4n) is 2.53. The summed E-state index contributed by atoms with van der Waals surface area (Å²) in [6.45, 7) is 0. The van der Waals surface area contributed by atoms with Crippen LogP contribution >= 0.6 is 0 Å². The first-order valence-electron chi connectivity index (χ1n) is 8.63. The Morgan fingerprint density at radius 3 is 1.45 bits per heavy atom. The normalized spacial score (nSPS) is 10.1. The second-order valence-corrected chi connectivity index (χ2v) is 6.01. The number of anilines is 2. The largest absolute Gasteiger partial charge is 0.497 e. The number of pyridine rings is 1. The first kappa shape index (κ1) is 19.7. The molecule has 0 radical (unpaired) electrons. The van der Waals surface area contributed by atoms with E-state index < -0.39 is 17.2 Å². The van der Waals surface area contributed by atoms with Crippen LogP contribution in [0, 0.1) is 0 Å². The van der Waals surface area contributed by atoms with Gasteiger partial charge in [0.2, 0.25) is 0 Å². The minimum Gasteiger partial charge on any atom is -0.497 e. The van der Waals surface area contributed by atoms with Crippen LogP contribution in [0.5, 0.6) is 11.5 Å². The molecule has 0 fully saturated rings. The van der Waals surface area contributed by atoms with Crippen molar-refractivity contribution in [2.75, 3.05) is 24.9 Å². The fraction of sp³-hybridized carbons (Fsp3) is 0.0952. The number of nitrogens with one attached hydrogen (secondary N) is 3. The summed E-state index contributed by atoms with van der Waals surface area (Å²) in [5, 5.41) is 5.31. The van der Waals surface area contributed by atoms with Crippen molar-refractivity contribution in [2.24, 2.45) is 0 Å². The van der Waals surface area contributed by atoms with Crippen molar-refractivity contribution in [3.63, 3.8) is 0 Å². The summed E-state index contributed by atoms with van der Waals surface area (Å²) in [5.74, 6) is 0.194. The number of carbonyl (C=O) groups is 2. The van der Waals surface area contributed by atoms with E-state index in [1.807, 2.05) is 0 Å². The molecular weight excluding hydrogens is 374 g/mol. The lowest BCUT2D eigenvalue weighted by Crippen LogP contribution is -2.22. The number of benzene rings is 2. The van der Waals surface area contributed by atoms with Crippen LogP contribution in [0.2, 0.25) is 0 Å². The first-order chi connectivity index (χ1) is 14.0. The molecule has 8 heteroatoms. The van der Waals surface area contributed by atoms with E-state index in [-0.39, 0.29) is 11.4 Å². The lowest BCUT2D eigenvalue weighted by molar-refractivity contribution is 0.101. The molecule has 0 unspecified atom stereocenters. The lowest BCUT2D eigenvalue weighted by Gasteiger charge is -2.09. The summed E-state index contributed by atoms with van der Waals surface area (Å²) in [5.41, 5.74) is 0.499. The Balaban J connectivity index is 1.76. The van der Waals surface area contributed by atoms with E-state index in [4.69, 9.17) is 9.47 Å². The van der Waals surface area contributed by atoms with Gasteiger partial charge >= 0.3 is 0 Å². The molecule has 2 aromatic carbocycles. The summed E-state index contributed by atoms with van der Waals surface area (Å²) >= 11 is 0. The Morgan fingerprint density at radius 2 is 1.10 bits per heavy atom. The monoisotopic (exact) mass is 393 g/mol. The number of hydrogen-bond acceptors (Lipinski definition) is 5. The zero-order valence-electron chi connectivity index (χ0n) is 15.8. The predicted molar refractivity (Wildman–Crippen MR) is 109 cm³/mol. The highest BCUT2D eigenvalue weighted by atomic mass is 16.5. The zero-order valence-corrected chi connectivity index (χ0v) is 15.8. The number of H-pyrrole nitrogens is 1. The molecular formula is C21H19N3O5. The van der Waals surface area contributed by atoms with Crippen molar-refractivity contribution in [1.29, 1.82) is 0 Å². The molecule has 0 atom stereocenters. The van der Waals surface area contributed by atoms with Crippen molar-refractivity contribution in [2.45, 2.75) is 0 Å². The number of aromatic nitrogens is 1. The highest BCUT2D eigenvalue weighted by Crippen LogP contribution is 2.17. The summed E-state index contributed by atoms with van der Waals surface area (Å²) in [4.78, 5) is 39.6. The lowest BCUT2D eigenvalue weighted by atomic mass is 10.2. The van der Waals surface area contributed by atoms with Gasteiger partial charge in [-0.25, -0.2) is 0 Å². The second-order valence-electron chi connectivity index (χ2n) is 6.01. The number of hydrogen-bond donors (Lipinski definition) is 3. The van der Waals surface area contributed by atoms with Crippen LogP contribution in [0.25, 0.3) is 0 Å². The molecule has 1 aromatic heterocycles. The van der Waals surface area contributed by atoms with E-state index >= 15 is 0 Å². The molecule has 2 amide bonds. The van der Waals surface area contributed by atoms with Gasteiger partial charge in [0.05, 0.1) is 14.2 Å². The van der Waals surface area contributed by atoms with Gasteiger partial charge < -0.3 is 25.1 Å². The van der Waals surface area contributed by atoms with Crippen molar-refractivity contribution in [3.8, 4) is 11.5 Å². The summed E-state index contributed by atoms with van der Waals surface area (Å²) < 4.78 is 10.1. The molecule has 0 spiro atoms. The van der Waals surface area contributed by atoms with Crippen molar-refractivity contribution >= 4 is 23.2 Å². The number of amides is 2. The molecule has 0 saturated heterocycles. The third kappa shape index (κ3) is 5.01. The molecule has 3 rings (SSSR count). The highest BCUT2D eigenvalue weighted by molar-refractivity contribution is 6.06. The number of carbonyl (C=O) groups excluding carboxylic acids is 2. The average Bonchev–Trinajstić information content (AvgIpc) is 2.74. The molecule has 0 aliphatic heterocycles. The topological polar surface area (TPSA) is 110 Å². The fourth-order valence-corrected chi connectivity index (χ4v) is 2.53. The summed E-state index contributed by atoms with van der Waals surface area (Å²) in [7, 11) is 3.08. The molecule has 148 valence electrons.